The predicted molar refractivity (Wildman–Crippen MR) is 66.7 cm³/mol. The van der Waals surface area contributed by atoms with Gasteiger partial charge in [0.05, 0.1) is 13.2 Å². The minimum Gasteiger partial charge on any atom is -0.494 e. The number of aliphatic carboxylic acids is 1. The van der Waals surface area contributed by atoms with Gasteiger partial charge >= 0.3 is 5.97 Å². The Bertz CT molecular complexity index is 353. The molecule has 0 aliphatic heterocycles. The van der Waals surface area contributed by atoms with Gasteiger partial charge in [0.25, 0.3) is 0 Å². The maximum absolute atomic E-state index is 10.4. The quantitative estimate of drug-likeness (QED) is 0.761. The van der Waals surface area contributed by atoms with E-state index in [2.05, 4.69) is 0 Å². The van der Waals surface area contributed by atoms with E-state index in [1.165, 1.54) is 0 Å². The van der Waals surface area contributed by atoms with Crippen LogP contribution in [0.15, 0.2) is 24.3 Å². The van der Waals surface area contributed by atoms with Crippen molar-refractivity contribution in [2.75, 3.05) is 26.7 Å². The molecule has 1 rings (SSSR count). The average molecular weight is 258 g/mol. The third kappa shape index (κ3) is 6.14. The average Bonchev–Trinajstić information content (AvgIpc) is 2.26. The molecule has 0 fully saturated rings. The Kier molecular flexibility index (Phi) is 5.80. The van der Waals surface area contributed by atoms with Gasteiger partial charge in [-0.05, 0) is 37.7 Å². The molecule has 17 heavy (non-hydrogen) atoms. The van der Waals surface area contributed by atoms with E-state index in [0.717, 1.165) is 12.2 Å². The van der Waals surface area contributed by atoms with E-state index in [1.807, 2.05) is 12.1 Å². The number of benzene rings is 1. The molecule has 1 aromatic rings. The smallest absolute Gasteiger partial charge is 0.317 e. The monoisotopic (exact) mass is 257 g/mol. The van der Waals surface area contributed by atoms with Crippen molar-refractivity contribution in [3.05, 3.63) is 29.3 Å². The van der Waals surface area contributed by atoms with Crippen LogP contribution < -0.4 is 4.74 Å². The molecule has 0 heterocycles. The number of carboxylic acids is 1. The van der Waals surface area contributed by atoms with Gasteiger partial charge in [-0.3, -0.25) is 9.69 Å². The fourth-order valence-electron chi connectivity index (χ4n) is 1.37. The predicted octanol–water partition coefficient (Wildman–Crippen LogP) is 2.13. The van der Waals surface area contributed by atoms with Gasteiger partial charge in [0.15, 0.2) is 0 Å². The molecule has 0 saturated heterocycles. The van der Waals surface area contributed by atoms with Crippen LogP contribution in [-0.2, 0) is 4.79 Å². The van der Waals surface area contributed by atoms with Crippen LogP contribution in [0.5, 0.6) is 5.75 Å². The first-order chi connectivity index (χ1) is 8.08. The molecule has 5 heteroatoms. The van der Waals surface area contributed by atoms with E-state index in [4.69, 9.17) is 21.4 Å². The standard InChI is InChI=1S/C12H16ClNO3/c1-14(9-12(15)16)7-2-8-17-11-5-3-10(13)4-6-11/h3-6H,2,7-9H2,1H3,(H,15,16). The van der Waals surface area contributed by atoms with Crippen molar-refractivity contribution in [2.24, 2.45) is 0 Å². The second-order valence-corrected chi connectivity index (χ2v) is 4.22. The van der Waals surface area contributed by atoms with Crippen LogP contribution in [0.25, 0.3) is 0 Å². The molecule has 0 aromatic heterocycles. The van der Waals surface area contributed by atoms with Crippen molar-refractivity contribution in [3.63, 3.8) is 0 Å². The molecular weight excluding hydrogens is 242 g/mol. The maximum atomic E-state index is 10.4. The highest BCUT2D eigenvalue weighted by Crippen LogP contribution is 2.15. The molecule has 0 aliphatic carbocycles. The molecule has 0 aliphatic rings. The zero-order valence-corrected chi connectivity index (χ0v) is 10.5. The Hall–Kier alpha value is -1.26. The molecule has 0 unspecified atom stereocenters. The number of halogens is 1. The van der Waals surface area contributed by atoms with Crippen molar-refractivity contribution in [1.82, 2.24) is 4.90 Å². The number of carbonyl (C=O) groups is 1. The highest BCUT2D eigenvalue weighted by Gasteiger charge is 2.03. The van der Waals surface area contributed by atoms with Crippen LogP contribution in [0.4, 0.5) is 0 Å². The topological polar surface area (TPSA) is 49.8 Å². The summed E-state index contributed by atoms with van der Waals surface area (Å²) in [6.07, 6.45) is 0.784. The van der Waals surface area contributed by atoms with Gasteiger partial charge in [-0.25, -0.2) is 0 Å². The molecule has 1 N–H and O–H groups in total. The Morgan fingerprint density at radius 2 is 2.06 bits per heavy atom. The van der Waals surface area contributed by atoms with Crippen molar-refractivity contribution in [2.45, 2.75) is 6.42 Å². The van der Waals surface area contributed by atoms with Crippen molar-refractivity contribution < 1.29 is 14.6 Å². The summed E-state index contributed by atoms with van der Waals surface area (Å²) in [5.41, 5.74) is 0. The van der Waals surface area contributed by atoms with Crippen LogP contribution in [-0.4, -0.2) is 42.7 Å². The summed E-state index contributed by atoms with van der Waals surface area (Å²) in [5.74, 6) is -0.0404. The number of likely N-dealkylation sites (N-methyl/N-ethyl adjacent to an activating group) is 1. The van der Waals surface area contributed by atoms with Crippen LogP contribution in [0.1, 0.15) is 6.42 Å². The summed E-state index contributed by atoms with van der Waals surface area (Å²) in [5, 5.41) is 9.24. The van der Waals surface area contributed by atoms with Crippen molar-refractivity contribution >= 4 is 17.6 Å². The van der Waals surface area contributed by atoms with E-state index < -0.39 is 5.97 Å². The minimum atomic E-state index is -0.814. The van der Waals surface area contributed by atoms with E-state index >= 15 is 0 Å². The summed E-state index contributed by atoms with van der Waals surface area (Å²) >= 11 is 5.75. The third-order valence-corrected chi connectivity index (χ3v) is 2.42. The minimum absolute atomic E-state index is 0.0565. The number of hydrogen-bond acceptors (Lipinski definition) is 3. The summed E-state index contributed by atoms with van der Waals surface area (Å²) in [6, 6.07) is 7.16. The summed E-state index contributed by atoms with van der Waals surface area (Å²) in [6.45, 7) is 1.31. The third-order valence-electron chi connectivity index (χ3n) is 2.17. The van der Waals surface area contributed by atoms with E-state index in [9.17, 15) is 4.79 Å². The number of hydrogen-bond donors (Lipinski definition) is 1. The summed E-state index contributed by atoms with van der Waals surface area (Å²) < 4.78 is 5.48. The molecule has 1 aromatic carbocycles. The normalized spacial score (nSPS) is 10.5. The lowest BCUT2D eigenvalue weighted by Gasteiger charge is -2.13. The van der Waals surface area contributed by atoms with Crippen molar-refractivity contribution in [1.29, 1.82) is 0 Å². The van der Waals surface area contributed by atoms with Crippen molar-refractivity contribution in [3.8, 4) is 5.75 Å². The number of rotatable bonds is 7. The van der Waals surface area contributed by atoms with Gasteiger partial charge in [0, 0.05) is 11.6 Å². The van der Waals surface area contributed by atoms with E-state index in [1.54, 1.807) is 24.1 Å². The summed E-state index contributed by atoms with van der Waals surface area (Å²) in [7, 11) is 1.77. The van der Waals surface area contributed by atoms with Gasteiger partial charge in [-0.15, -0.1) is 0 Å². The van der Waals surface area contributed by atoms with Gasteiger partial charge in [-0.2, -0.15) is 0 Å². The van der Waals surface area contributed by atoms with Gasteiger partial charge in [0.1, 0.15) is 5.75 Å². The fraction of sp³-hybridized carbons (Fsp3) is 0.417. The SMILES string of the molecule is CN(CCCOc1ccc(Cl)cc1)CC(=O)O. The Balaban J connectivity index is 2.15. The van der Waals surface area contributed by atoms with E-state index in [-0.39, 0.29) is 6.54 Å². The molecule has 4 nitrogen and oxygen atoms in total. The molecule has 0 bridgehead atoms. The second-order valence-electron chi connectivity index (χ2n) is 3.79. The molecule has 0 amide bonds. The number of nitrogens with zero attached hydrogens (tertiary/aromatic N) is 1. The molecule has 0 spiro atoms. The Labute approximate surface area is 106 Å². The largest absolute Gasteiger partial charge is 0.494 e. The first-order valence-electron chi connectivity index (χ1n) is 5.36. The number of ether oxygens (including phenoxy) is 1. The summed E-state index contributed by atoms with van der Waals surface area (Å²) in [4.78, 5) is 12.2. The van der Waals surface area contributed by atoms with Crippen LogP contribution >= 0.6 is 11.6 Å². The molecule has 0 saturated carbocycles. The first-order valence-corrected chi connectivity index (χ1v) is 5.74. The van der Waals surface area contributed by atoms with Crippen LogP contribution in [0.2, 0.25) is 5.02 Å². The lowest BCUT2D eigenvalue weighted by atomic mass is 10.3. The van der Waals surface area contributed by atoms with Gasteiger partial charge in [0.2, 0.25) is 0 Å². The molecule has 0 atom stereocenters. The first kappa shape index (κ1) is 13.8. The lowest BCUT2D eigenvalue weighted by Crippen LogP contribution is -2.27. The zero-order valence-electron chi connectivity index (χ0n) is 9.73. The van der Waals surface area contributed by atoms with Crippen LogP contribution in [0.3, 0.4) is 0 Å². The second kappa shape index (κ2) is 7.14. The molecular formula is C12H16ClNO3. The molecule has 94 valence electrons. The molecule has 0 radical (unpaired) electrons. The zero-order chi connectivity index (χ0) is 12.7. The Morgan fingerprint density at radius 1 is 1.41 bits per heavy atom. The highest BCUT2D eigenvalue weighted by atomic mass is 35.5. The van der Waals surface area contributed by atoms with Gasteiger partial charge < -0.3 is 9.84 Å². The lowest BCUT2D eigenvalue weighted by molar-refractivity contribution is -0.138. The van der Waals surface area contributed by atoms with Gasteiger partial charge in [-0.1, -0.05) is 11.6 Å². The maximum Gasteiger partial charge on any atom is 0.317 e. The number of carboxylic acid groups (broad SMARTS) is 1. The Morgan fingerprint density at radius 3 is 2.65 bits per heavy atom. The van der Waals surface area contributed by atoms with Crippen LogP contribution in [0, 0.1) is 0 Å². The van der Waals surface area contributed by atoms with E-state index in [0.29, 0.717) is 18.2 Å². The highest BCUT2D eigenvalue weighted by molar-refractivity contribution is 6.30. The fourth-order valence-corrected chi connectivity index (χ4v) is 1.49.